The van der Waals surface area contributed by atoms with Gasteiger partial charge in [0.25, 0.3) is 0 Å². The summed E-state index contributed by atoms with van der Waals surface area (Å²) in [6, 6.07) is 14.3. The van der Waals surface area contributed by atoms with Gasteiger partial charge in [0.05, 0.1) is 6.61 Å². The van der Waals surface area contributed by atoms with E-state index in [1.165, 1.54) is 11.1 Å². The molecule has 2 rings (SSSR count). The van der Waals surface area contributed by atoms with Crippen LogP contribution in [0.3, 0.4) is 0 Å². The van der Waals surface area contributed by atoms with Crippen LogP contribution in [0, 0.1) is 19.3 Å². The zero-order chi connectivity index (χ0) is 20.0. The summed E-state index contributed by atoms with van der Waals surface area (Å²) in [4.78, 5) is 12.8. The van der Waals surface area contributed by atoms with Crippen LogP contribution in [-0.2, 0) is 4.79 Å². The third kappa shape index (κ3) is 5.85. The molecule has 0 atom stereocenters. The molecular formula is C24H33NO2. The SMILES string of the molecule is Cc1ccc(C)c(OCCCC(C)(C)C(=O)Nc2ccccc2C(C)C)c1. The summed E-state index contributed by atoms with van der Waals surface area (Å²) >= 11 is 0. The van der Waals surface area contributed by atoms with E-state index in [1.54, 1.807) is 0 Å². The Hall–Kier alpha value is -2.29. The van der Waals surface area contributed by atoms with Crippen molar-refractivity contribution in [1.82, 2.24) is 0 Å². The van der Waals surface area contributed by atoms with Crippen LogP contribution in [0.1, 0.15) is 63.1 Å². The Morgan fingerprint density at radius 3 is 2.52 bits per heavy atom. The van der Waals surface area contributed by atoms with E-state index in [1.807, 2.05) is 32.0 Å². The summed E-state index contributed by atoms with van der Waals surface area (Å²) in [6.45, 7) is 13.0. The molecule has 1 amide bonds. The Labute approximate surface area is 164 Å². The molecule has 0 heterocycles. The zero-order valence-corrected chi connectivity index (χ0v) is 17.6. The number of hydrogen-bond donors (Lipinski definition) is 1. The quantitative estimate of drug-likeness (QED) is 0.560. The van der Waals surface area contributed by atoms with Crippen molar-refractivity contribution < 1.29 is 9.53 Å². The molecule has 3 nitrogen and oxygen atoms in total. The molecule has 1 N–H and O–H groups in total. The van der Waals surface area contributed by atoms with Gasteiger partial charge >= 0.3 is 0 Å². The molecule has 0 saturated heterocycles. The van der Waals surface area contributed by atoms with E-state index in [0.29, 0.717) is 12.5 Å². The molecule has 0 spiro atoms. The van der Waals surface area contributed by atoms with Crippen LogP contribution in [0.5, 0.6) is 5.75 Å². The topological polar surface area (TPSA) is 38.3 Å². The van der Waals surface area contributed by atoms with E-state index in [9.17, 15) is 4.79 Å². The van der Waals surface area contributed by atoms with Gasteiger partial charge in [-0.1, -0.05) is 58.0 Å². The zero-order valence-electron chi connectivity index (χ0n) is 17.6. The summed E-state index contributed by atoms with van der Waals surface area (Å²) in [6.07, 6.45) is 1.60. The molecule has 0 aliphatic rings. The number of hydrogen-bond acceptors (Lipinski definition) is 2. The van der Waals surface area contributed by atoms with Crippen molar-refractivity contribution in [3.8, 4) is 5.75 Å². The molecular weight excluding hydrogens is 334 g/mol. The van der Waals surface area contributed by atoms with Crippen molar-refractivity contribution in [3.63, 3.8) is 0 Å². The summed E-state index contributed by atoms with van der Waals surface area (Å²) in [7, 11) is 0. The van der Waals surface area contributed by atoms with Crippen LogP contribution in [0.15, 0.2) is 42.5 Å². The molecule has 0 fully saturated rings. The van der Waals surface area contributed by atoms with E-state index < -0.39 is 5.41 Å². The largest absolute Gasteiger partial charge is 0.493 e. The number of carbonyl (C=O) groups excluding carboxylic acids is 1. The fourth-order valence-electron chi connectivity index (χ4n) is 3.08. The minimum absolute atomic E-state index is 0.0577. The van der Waals surface area contributed by atoms with E-state index in [2.05, 4.69) is 57.3 Å². The smallest absolute Gasteiger partial charge is 0.230 e. The maximum atomic E-state index is 12.8. The molecule has 27 heavy (non-hydrogen) atoms. The number of ether oxygens (including phenoxy) is 1. The van der Waals surface area contributed by atoms with E-state index in [4.69, 9.17) is 4.74 Å². The fraction of sp³-hybridized carbons (Fsp3) is 0.458. The highest BCUT2D eigenvalue weighted by atomic mass is 16.5. The summed E-state index contributed by atoms with van der Waals surface area (Å²) < 4.78 is 5.93. The minimum Gasteiger partial charge on any atom is -0.493 e. The maximum absolute atomic E-state index is 12.8. The van der Waals surface area contributed by atoms with Crippen molar-refractivity contribution in [3.05, 3.63) is 59.2 Å². The number of anilines is 1. The number of amides is 1. The van der Waals surface area contributed by atoms with Gasteiger partial charge in [-0.2, -0.15) is 0 Å². The van der Waals surface area contributed by atoms with E-state index >= 15 is 0 Å². The number of nitrogens with one attached hydrogen (secondary N) is 1. The maximum Gasteiger partial charge on any atom is 0.230 e. The molecule has 0 bridgehead atoms. The first-order valence-corrected chi connectivity index (χ1v) is 9.81. The first-order valence-electron chi connectivity index (χ1n) is 9.81. The normalized spacial score (nSPS) is 11.5. The highest BCUT2D eigenvalue weighted by Crippen LogP contribution is 2.29. The molecule has 0 aliphatic heterocycles. The monoisotopic (exact) mass is 367 g/mol. The van der Waals surface area contributed by atoms with Crippen LogP contribution in [0.25, 0.3) is 0 Å². The predicted octanol–water partition coefficient (Wildman–Crippen LogP) is 6.25. The molecule has 146 valence electrons. The molecule has 2 aromatic rings. The molecule has 2 aromatic carbocycles. The summed E-state index contributed by atoms with van der Waals surface area (Å²) in [5, 5.41) is 3.13. The number of para-hydroxylation sites is 1. The Morgan fingerprint density at radius 1 is 1.11 bits per heavy atom. The van der Waals surface area contributed by atoms with Gasteiger partial charge in [-0.25, -0.2) is 0 Å². The van der Waals surface area contributed by atoms with Crippen LogP contribution in [0.2, 0.25) is 0 Å². The average Bonchev–Trinajstić information content (AvgIpc) is 2.61. The van der Waals surface area contributed by atoms with Crippen LogP contribution < -0.4 is 10.1 Å². The van der Waals surface area contributed by atoms with Gasteiger partial charge in [0.1, 0.15) is 5.75 Å². The molecule has 0 unspecified atom stereocenters. The molecule has 0 aromatic heterocycles. The van der Waals surface area contributed by atoms with Crippen molar-refractivity contribution in [2.75, 3.05) is 11.9 Å². The predicted molar refractivity (Wildman–Crippen MR) is 114 cm³/mol. The third-order valence-corrected chi connectivity index (χ3v) is 4.99. The lowest BCUT2D eigenvalue weighted by Gasteiger charge is -2.25. The van der Waals surface area contributed by atoms with Crippen molar-refractivity contribution >= 4 is 11.6 Å². The second kappa shape index (κ2) is 9.07. The third-order valence-electron chi connectivity index (χ3n) is 4.99. The van der Waals surface area contributed by atoms with Gasteiger partial charge in [0, 0.05) is 11.1 Å². The van der Waals surface area contributed by atoms with Crippen molar-refractivity contribution in [2.45, 2.75) is 60.3 Å². The van der Waals surface area contributed by atoms with Crippen molar-refractivity contribution in [1.29, 1.82) is 0 Å². The lowest BCUT2D eigenvalue weighted by atomic mass is 9.86. The number of aryl methyl sites for hydroxylation is 2. The summed E-state index contributed by atoms with van der Waals surface area (Å²) in [5.74, 6) is 1.36. The van der Waals surface area contributed by atoms with Gasteiger partial charge in [-0.05, 0) is 61.4 Å². The summed E-state index contributed by atoms with van der Waals surface area (Å²) in [5.41, 5.74) is 3.97. The number of benzene rings is 2. The van der Waals surface area contributed by atoms with Gasteiger partial charge in [0.15, 0.2) is 0 Å². The first-order chi connectivity index (χ1) is 12.7. The van der Waals surface area contributed by atoms with Crippen LogP contribution >= 0.6 is 0 Å². The minimum atomic E-state index is -0.449. The molecule has 0 radical (unpaired) electrons. The van der Waals surface area contributed by atoms with Crippen LogP contribution in [0.4, 0.5) is 5.69 Å². The molecule has 3 heteroatoms. The lowest BCUT2D eigenvalue weighted by Crippen LogP contribution is -2.31. The Balaban J connectivity index is 1.90. The highest BCUT2D eigenvalue weighted by Gasteiger charge is 2.27. The Bertz CT molecular complexity index is 778. The average molecular weight is 368 g/mol. The lowest BCUT2D eigenvalue weighted by molar-refractivity contribution is -0.124. The van der Waals surface area contributed by atoms with Crippen molar-refractivity contribution in [2.24, 2.45) is 5.41 Å². The fourth-order valence-corrected chi connectivity index (χ4v) is 3.08. The second-order valence-electron chi connectivity index (χ2n) is 8.30. The number of carbonyl (C=O) groups is 1. The highest BCUT2D eigenvalue weighted by molar-refractivity contribution is 5.95. The Morgan fingerprint density at radius 2 is 1.81 bits per heavy atom. The molecule has 0 aliphatic carbocycles. The second-order valence-corrected chi connectivity index (χ2v) is 8.30. The first kappa shape index (κ1) is 21.0. The van der Waals surface area contributed by atoms with E-state index in [0.717, 1.165) is 29.8 Å². The Kier molecular flexibility index (Phi) is 7.06. The van der Waals surface area contributed by atoms with Crippen LogP contribution in [-0.4, -0.2) is 12.5 Å². The number of rotatable bonds is 8. The van der Waals surface area contributed by atoms with Gasteiger partial charge in [-0.3, -0.25) is 4.79 Å². The van der Waals surface area contributed by atoms with Gasteiger partial charge in [-0.15, -0.1) is 0 Å². The van der Waals surface area contributed by atoms with Gasteiger partial charge < -0.3 is 10.1 Å². The molecule has 0 saturated carbocycles. The standard InChI is InChI=1S/C24H33NO2/c1-17(2)20-10-7-8-11-21(20)25-23(26)24(5,6)14-9-15-27-22-16-18(3)12-13-19(22)4/h7-8,10-13,16-17H,9,14-15H2,1-6H3,(H,25,26). The van der Waals surface area contributed by atoms with E-state index in [-0.39, 0.29) is 5.91 Å². The van der Waals surface area contributed by atoms with Gasteiger partial charge in [0.2, 0.25) is 5.91 Å².